The second kappa shape index (κ2) is 6.48. The number of anilines is 3. The molecule has 0 aliphatic carbocycles. The quantitative estimate of drug-likeness (QED) is 0.450. The molecule has 0 fully saturated rings. The fourth-order valence-corrected chi connectivity index (χ4v) is 1.11. The summed E-state index contributed by atoms with van der Waals surface area (Å²) in [5.41, 5.74) is 10.4. The Morgan fingerprint density at radius 3 is 2.82 bits per heavy atom. The first-order valence-corrected chi connectivity index (χ1v) is 5.04. The molecule has 0 bridgehead atoms. The summed E-state index contributed by atoms with van der Waals surface area (Å²) in [5, 5.41) is 5.85. The van der Waals surface area contributed by atoms with Gasteiger partial charge in [-0.2, -0.15) is 9.97 Å². The lowest BCUT2D eigenvalue weighted by Crippen LogP contribution is -2.20. The third-order valence-corrected chi connectivity index (χ3v) is 1.80. The van der Waals surface area contributed by atoms with E-state index in [2.05, 4.69) is 20.6 Å². The van der Waals surface area contributed by atoms with Crippen molar-refractivity contribution in [3.63, 3.8) is 0 Å². The minimum atomic E-state index is -0.492. The van der Waals surface area contributed by atoms with Gasteiger partial charge in [-0.15, -0.1) is 0 Å². The first kappa shape index (κ1) is 13.0. The van der Waals surface area contributed by atoms with Crippen LogP contribution in [0.25, 0.3) is 0 Å². The van der Waals surface area contributed by atoms with Crippen molar-refractivity contribution < 1.29 is 9.53 Å². The number of carbonyl (C=O) groups excluding carboxylic acids is 1. The molecule has 8 nitrogen and oxygen atoms in total. The number of nitrogen functional groups attached to an aromatic ring is 1. The lowest BCUT2D eigenvalue weighted by molar-refractivity contribution is -0.122. The molecule has 1 amide bonds. The second-order valence-corrected chi connectivity index (χ2v) is 3.19. The number of ether oxygens (including phenoxy) is 1. The zero-order valence-electron chi connectivity index (χ0n) is 9.56. The van der Waals surface area contributed by atoms with E-state index in [4.69, 9.17) is 16.2 Å². The van der Waals surface area contributed by atoms with Gasteiger partial charge in [-0.05, 0) is 0 Å². The molecule has 0 radical (unpaired) electrons. The second-order valence-electron chi connectivity index (χ2n) is 3.19. The Labute approximate surface area is 98.7 Å². The van der Waals surface area contributed by atoms with Crippen LogP contribution in [0.3, 0.4) is 0 Å². The van der Waals surface area contributed by atoms with Crippen molar-refractivity contribution >= 4 is 23.5 Å². The third kappa shape index (κ3) is 4.98. The summed E-state index contributed by atoms with van der Waals surface area (Å²) in [6, 6.07) is 1.71. The summed E-state index contributed by atoms with van der Waals surface area (Å²) in [7, 11) is 1.74. The highest BCUT2D eigenvalue weighted by molar-refractivity contribution is 5.74. The molecule has 1 heterocycles. The molecule has 0 atom stereocenters. The lowest BCUT2D eigenvalue weighted by atomic mass is 10.5. The molecule has 0 aliphatic heterocycles. The third-order valence-electron chi connectivity index (χ3n) is 1.80. The number of hydrogen-bond donors (Lipinski definition) is 4. The van der Waals surface area contributed by atoms with E-state index in [9.17, 15) is 4.79 Å². The minimum Gasteiger partial charge on any atom is -0.373 e. The van der Waals surface area contributed by atoms with Crippen LogP contribution in [0.15, 0.2) is 6.07 Å². The molecule has 1 aromatic heterocycles. The Morgan fingerprint density at radius 1 is 1.47 bits per heavy atom. The number of nitrogens with one attached hydrogen (secondary N) is 2. The smallest absolute Gasteiger partial charge is 0.243 e. The molecule has 8 heteroatoms. The van der Waals surface area contributed by atoms with Gasteiger partial charge in [-0.25, -0.2) is 0 Å². The van der Waals surface area contributed by atoms with Crippen molar-refractivity contribution in [1.29, 1.82) is 0 Å². The van der Waals surface area contributed by atoms with E-state index in [-0.39, 0.29) is 12.6 Å². The minimum absolute atomic E-state index is 0.0879. The first-order chi connectivity index (χ1) is 8.11. The topological polar surface area (TPSA) is 128 Å². The van der Waals surface area contributed by atoms with Gasteiger partial charge in [0.25, 0.3) is 0 Å². The van der Waals surface area contributed by atoms with Crippen molar-refractivity contribution in [2.24, 2.45) is 5.73 Å². The van der Waals surface area contributed by atoms with E-state index in [0.29, 0.717) is 24.8 Å². The summed E-state index contributed by atoms with van der Waals surface area (Å²) in [6.45, 7) is 0.754. The van der Waals surface area contributed by atoms with Crippen molar-refractivity contribution in [1.82, 2.24) is 9.97 Å². The van der Waals surface area contributed by atoms with Gasteiger partial charge in [0, 0.05) is 19.7 Å². The maximum Gasteiger partial charge on any atom is 0.243 e. The Morgan fingerprint density at radius 2 is 2.18 bits per heavy atom. The van der Waals surface area contributed by atoms with Gasteiger partial charge in [0.15, 0.2) is 0 Å². The molecule has 17 heavy (non-hydrogen) atoms. The summed E-state index contributed by atoms with van der Waals surface area (Å²) in [4.78, 5) is 18.3. The van der Waals surface area contributed by atoms with Gasteiger partial charge in [-0.3, -0.25) is 4.79 Å². The number of rotatable bonds is 7. The van der Waals surface area contributed by atoms with E-state index in [1.54, 1.807) is 13.1 Å². The maximum atomic E-state index is 10.4. The van der Waals surface area contributed by atoms with Crippen LogP contribution in [0, 0.1) is 0 Å². The van der Waals surface area contributed by atoms with Gasteiger partial charge in [-0.1, -0.05) is 0 Å². The number of aromatic nitrogens is 2. The van der Waals surface area contributed by atoms with Crippen molar-refractivity contribution in [3.8, 4) is 0 Å². The molecule has 0 saturated carbocycles. The highest BCUT2D eigenvalue weighted by Gasteiger charge is 2.00. The predicted octanol–water partition coefficient (Wildman–Crippen LogP) is -0.986. The Kier molecular flexibility index (Phi) is 4.95. The molecule has 0 saturated heterocycles. The highest BCUT2D eigenvalue weighted by Crippen LogP contribution is 2.11. The van der Waals surface area contributed by atoms with Gasteiger partial charge >= 0.3 is 0 Å². The summed E-state index contributed by atoms with van der Waals surface area (Å²) >= 11 is 0. The van der Waals surface area contributed by atoms with E-state index in [0.717, 1.165) is 0 Å². The Balaban J connectivity index is 2.36. The summed E-state index contributed by atoms with van der Waals surface area (Å²) in [5.74, 6) is 0.897. The average molecular weight is 240 g/mol. The molecule has 1 rings (SSSR count). The maximum absolute atomic E-state index is 10.4. The lowest BCUT2D eigenvalue weighted by Gasteiger charge is -2.08. The molecule has 6 N–H and O–H groups in total. The number of carbonyl (C=O) groups is 1. The van der Waals surface area contributed by atoms with E-state index in [1.807, 2.05) is 0 Å². The summed E-state index contributed by atoms with van der Waals surface area (Å²) < 4.78 is 4.98. The van der Waals surface area contributed by atoms with Crippen LogP contribution in [-0.4, -0.2) is 42.7 Å². The number of hydrogen-bond acceptors (Lipinski definition) is 7. The van der Waals surface area contributed by atoms with Gasteiger partial charge in [0.1, 0.15) is 18.2 Å². The summed E-state index contributed by atoms with van der Waals surface area (Å²) in [6.07, 6.45) is 0. The SMILES string of the molecule is CNc1cc(NCCOCC(N)=O)nc(N)n1. The standard InChI is InChI=1S/C9H16N6O2/c1-12-7-4-8(15-9(11)14-7)13-2-3-17-5-6(10)16/h4H,2-3,5H2,1H3,(H2,10,16)(H4,11,12,13,14,15). The molecule has 0 unspecified atom stereocenters. The Bertz CT molecular complexity index is 384. The van der Waals surface area contributed by atoms with Crippen LogP contribution in [0.2, 0.25) is 0 Å². The van der Waals surface area contributed by atoms with Crippen LogP contribution in [0.1, 0.15) is 0 Å². The van der Waals surface area contributed by atoms with E-state index in [1.165, 1.54) is 0 Å². The Hall–Kier alpha value is -2.09. The molecular weight excluding hydrogens is 224 g/mol. The molecule has 94 valence electrons. The molecular formula is C9H16N6O2. The van der Waals surface area contributed by atoms with Crippen LogP contribution in [-0.2, 0) is 9.53 Å². The zero-order valence-corrected chi connectivity index (χ0v) is 9.56. The predicted molar refractivity (Wildman–Crippen MR) is 64.5 cm³/mol. The van der Waals surface area contributed by atoms with Crippen LogP contribution in [0.4, 0.5) is 17.6 Å². The van der Waals surface area contributed by atoms with Gasteiger partial charge in [0.05, 0.1) is 6.61 Å². The number of nitrogens with two attached hydrogens (primary N) is 2. The first-order valence-electron chi connectivity index (χ1n) is 5.04. The van der Waals surface area contributed by atoms with E-state index >= 15 is 0 Å². The fourth-order valence-electron chi connectivity index (χ4n) is 1.11. The van der Waals surface area contributed by atoms with E-state index < -0.39 is 5.91 Å². The van der Waals surface area contributed by atoms with Crippen molar-refractivity contribution in [3.05, 3.63) is 6.07 Å². The number of amides is 1. The monoisotopic (exact) mass is 240 g/mol. The van der Waals surface area contributed by atoms with Gasteiger partial charge < -0.3 is 26.8 Å². The molecule has 0 aliphatic rings. The fraction of sp³-hybridized carbons (Fsp3) is 0.444. The average Bonchev–Trinajstić information content (AvgIpc) is 2.27. The largest absolute Gasteiger partial charge is 0.373 e. The van der Waals surface area contributed by atoms with Crippen molar-refractivity contribution in [2.45, 2.75) is 0 Å². The normalized spacial score (nSPS) is 9.94. The number of nitrogens with zero attached hydrogens (tertiary/aromatic N) is 2. The molecule has 1 aromatic rings. The van der Waals surface area contributed by atoms with Gasteiger partial charge in [0.2, 0.25) is 11.9 Å². The van der Waals surface area contributed by atoms with Crippen molar-refractivity contribution in [2.75, 3.05) is 43.2 Å². The van der Waals surface area contributed by atoms with Crippen LogP contribution < -0.4 is 22.1 Å². The molecule has 0 spiro atoms. The van der Waals surface area contributed by atoms with Crippen LogP contribution in [0.5, 0.6) is 0 Å². The highest BCUT2D eigenvalue weighted by atomic mass is 16.5. The molecule has 0 aromatic carbocycles. The van der Waals surface area contributed by atoms with Crippen LogP contribution >= 0.6 is 0 Å². The zero-order chi connectivity index (χ0) is 12.7. The number of primary amides is 1.